The van der Waals surface area contributed by atoms with E-state index in [9.17, 15) is 9.59 Å². The second-order valence-corrected chi connectivity index (χ2v) is 5.43. The molecule has 0 aromatic rings. The lowest BCUT2D eigenvalue weighted by Crippen LogP contribution is -2.42. The highest BCUT2D eigenvalue weighted by Crippen LogP contribution is 2.08. The van der Waals surface area contributed by atoms with Crippen molar-refractivity contribution in [3.8, 4) is 0 Å². The van der Waals surface area contributed by atoms with Crippen molar-refractivity contribution in [1.82, 2.24) is 10.2 Å². The van der Waals surface area contributed by atoms with E-state index >= 15 is 0 Å². The molecule has 0 bridgehead atoms. The molecule has 18 heavy (non-hydrogen) atoms. The van der Waals surface area contributed by atoms with E-state index in [1.807, 2.05) is 6.92 Å². The third-order valence-electron chi connectivity index (χ3n) is 2.05. The van der Waals surface area contributed by atoms with E-state index in [1.165, 1.54) is 11.9 Å². The average Bonchev–Trinajstić information content (AvgIpc) is 2.23. The molecule has 2 amide bonds. The zero-order chi connectivity index (χ0) is 14.3. The monoisotopic (exact) mass is 260 g/mol. The van der Waals surface area contributed by atoms with Gasteiger partial charge in [-0.25, -0.2) is 4.79 Å². The first kappa shape index (κ1) is 16.7. The van der Waals surface area contributed by atoms with Gasteiger partial charge in [0.05, 0.1) is 0 Å². The third kappa shape index (κ3) is 7.89. The number of likely N-dealkylation sites (N-methyl/N-ethyl adjacent to an activating group) is 1. The highest BCUT2D eigenvalue weighted by molar-refractivity contribution is 5.82. The largest absolute Gasteiger partial charge is 0.444 e. The van der Waals surface area contributed by atoms with Crippen molar-refractivity contribution >= 4 is 12.0 Å². The first-order valence-corrected chi connectivity index (χ1v) is 5.97. The van der Waals surface area contributed by atoms with Crippen LogP contribution in [0.25, 0.3) is 0 Å². The Morgan fingerprint density at radius 3 is 2.39 bits per heavy atom. The number of nitrogens with zero attached hydrogens (tertiary/aromatic N) is 1. The second kappa shape index (κ2) is 7.20. The van der Waals surface area contributed by atoms with Gasteiger partial charge in [-0.3, -0.25) is 4.79 Å². The first-order valence-electron chi connectivity index (χ1n) is 5.97. The molecule has 0 aromatic heterocycles. The maximum Gasteiger partial charge on any atom is 0.410 e. The van der Waals surface area contributed by atoms with Crippen LogP contribution in [-0.2, 0) is 9.53 Å². The molecule has 0 aliphatic carbocycles. The zero-order valence-corrected chi connectivity index (χ0v) is 11.8. The molecule has 0 aliphatic heterocycles. The standard InChI is InChI=1S/C12H24N2O4/c1-9(8-15)6-13-10(16)7-14(5)11(17)18-12(2,3)4/h9,15H,6-8H2,1-5H3,(H,13,16). The minimum Gasteiger partial charge on any atom is -0.444 e. The van der Waals surface area contributed by atoms with Gasteiger partial charge >= 0.3 is 6.09 Å². The number of hydrogen-bond acceptors (Lipinski definition) is 4. The molecule has 1 atom stereocenters. The number of carbonyl (C=O) groups excluding carboxylic acids is 2. The van der Waals surface area contributed by atoms with E-state index in [4.69, 9.17) is 9.84 Å². The molecular weight excluding hydrogens is 236 g/mol. The topological polar surface area (TPSA) is 78.9 Å². The number of aliphatic hydroxyl groups is 1. The Bertz CT molecular complexity index is 286. The number of amides is 2. The number of aliphatic hydroxyl groups excluding tert-OH is 1. The molecule has 106 valence electrons. The SMILES string of the molecule is CC(CO)CNC(=O)CN(C)C(=O)OC(C)(C)C. The Labute approximate surface area is 108 Å². The molecule has 0 radical (unpaired) electrons. The molecule has 0 saturated carbocycles. The minimum atomic E-state index is -0.576. The van der Waals surface area contributed by atoms with E-state index in [-0.39, 0.29) is 25.0 Å². The summed E-state index contributed by atoms with van der Waals surface area (Å²) in [7, 11) is 1.50. The number of hydrogen-bond donors (Lipinski definition) is 2. The quantitative estimate of drug-likeness (QED) is 0.758. The molecule has 0 heterocycles. The molecule has 0 aromatic carbocycles. The van der Waals surface area contributed by atoms with Gasteiger partial charge in [0, 0.05) is 20.2 Å². The lowest BCUT2D eigenvalue weighted by Gasteiger charge is -2.24. The highest BCUT2D eigenvalue weighted by Gasteiger charge is 2.21. The fourth-order valence-electron chi connectivity index (χ4n) is 1.03. The molecule has 2 N–H and O–H groups in total. The summed E-state index contributed by atoms with van der Waals surface area (Å²) < 4.78 is 5.11. The van der Waals surface area contributed by atoms with Gasteiger partial charge in [-0.05, 0) is 26.7 Å². The predicted octanol–water partition coefficient (Wildman–Crippen LogP) is 0.598. The Hall–Kier alpha value is -1.30. The van der Waals surface area contributed by atoms with E-state index in [0.29, 0.717) is 6.54 Å². The summed E-state index contributed by atoms with van der Waals surface area (Å²) in [5, 5.41) is 11.4. The fourth-order valence-corrected chi connectivity index (χ4v) is 1.03. The van der Waals surface area contributed by atoms with E-state index < -0.39 is 11.7 Å². The van der Waals surface area contributed by atoms with Crippen LogP contribution >= 0.6 is 0 Å². The maximum atomic E-state index is 11.6. The van der Waals surface area contributed by atoms with Gasteiger partial charge in [-0.2, -0.15) is 0 Å². The first-order chi connectivity index (χ1) is 8.15. The van der Waals surface area contributed by atoms with Crippen molar-refractivity contribution in [2.75, 3.05) is 26.7 Å². The average molecular weight is 260 g/mol. The van der Waals surface area contributed by atoms with Gasteiger partial charge in [0.25, 0.3) is 0 Å². The van der Waals surface area contributed by atoms with E-state index in [1.54, 1.807) is 20.8 Å². The molecule has 6 nitrogen and oxygen atoms in total. The van der Waals surface area contributed by atoms with Crippen LogP contribution in [0.3, 0.4) is 0 Å². The molecule has 0 fully saturated rings. The molecular formula is C12H24N2O4. The van der Waals surface area contributed by atoms with Crippen molar-refractivity contribution in [3.05, 3.63) is 0 Å². The number of nitrogens with one attached hydrogen (secondary N) is 1. The summed E-state index contributed by atoms with van der Waals surface area (Å²) in [6.07, 6.45) is -0.534. The van der Waals surface area contributed by atoms with Gasteiger partial charge in [0.1, 0.15) is 12.1 Å². The van der Waals surface area contributed by atoms with E-state index in [0.717, 1.165) is 0 Å². The van der Waals surface area contributed by atoms with Crippen molar-refractivity contribution in [2.24, 2.45) is 5.92 Å². The van der Waals surface area contributed by atoms with Crippen molar-refractivity contribution < 1.29 is 19.4 Å². The van der Waals surface area contributed by atoms with Crippen LogP contribution in [0.15, 0.2) is 0 Å². The van der Waals surface area contributed by atoms with Gasteiger partial charge in [0.15, 0.2) is 0 Å². The molecule has 0 spiro atoms. The summed E-state index contributed by atoms with van der Waals surface area (Å²) >= 11 is 0. The van der Waals surface area contributed by atoms with Gasteiger partial charge < -0.3 is 20.1 Å². The molecule has 1 unspecified atom stereocenters. The lowest BCUT2D eigenvalue weighted by atomic mass is 10.2. The smallest absolute Gasteiger partial charge is 0.410 e. The second-order valence-electron chi connectivity index (χ2n) is 5.43. The van der Waals surface area contributed by atoms with Gasteiger partial charge in [-0.15, -0.1) is 0 Å². The number of carbonyl (C=O) groups is 2. The van der Waals surface area contributed by atoms with Crippen LogP contribution in [0.2, 0.25) is 0 Å². The van der Waals surface area contributed by atoms with Crippen LogP contribution in [0.1, 0.15) is 27.7 Å². The maximum absolute atomic E-state index is 11.6. The number of rotatable bonds is 5. The minimum absolute atomic E-state index is 0.000725. The van der Waals surface area contributed by atoms with Crippen molar-refractivity contribution in [2.45, 2.75) is 33.3 Å². The predicted molar refractivity (Wildman–Crippen MR) is 68.1 cm³/mol. The van der Waals surface area contributed by atoms with Crippen molar-refractivity contribution in [3.63, 3.8) is 0 Å². The number of ether oxygens (including phenoxy) is 1. The van der Waals surface area contributed by atoms with E-state index in [2.05, 4.69) is 5.32 Å². The Morgan fingerprint density at radius 2 is 1.94 bits per heavy atom. The summed E-state index contributed by atoms with van der Waals surface area (Å²) in [5.41, 5.74) is -0.576. The van der Waals surface area contributed by atoms with Crippen molar-refractivity contribution in [1.29, 1.82) is 0 Å². The molecule has 0 aliphatic rings. The van der Waals surface area contributed by atoms with Gasteiger partial charge in [-0.1, -0.05) is 6.92 Å². The fraction of sp³-hybridized carbons (Fsp3) is 0.833. The van der Waals surface area contributed by atoms with Gasteiger partial charge in [0.2, 0.25) is 5.91 Å². The summed E-state index contributed by atoms with van der Waals surface area (Å²) in [6, 6.07) is 0. The summed E-state index contributed by atoms with van der Waals surface area (Å²) in [4.78, 5) is 24.3. The van der Waals surface area contributed by atoms with Crippen LogP contribution in [0.4, 0.5) is 4.79 Å². The van der Waals surface area contributed by atoms with Crippen LogP contribution in [0, 0.1) is 5.92 Å². The summed E-state index contributed by atoms with van der Waals surface area (Å²) in [6.45, 7) is 7.45. The zero-order valence-electron chi connectivity index (χ0n) is 11.8. The van der Waals surface area contributed by atoms with Crippen LogP contribution in [0.5, 0.6) is 0 Å². The Kier molecular flexibility index (Phi) is 6.68. The Morgan fingerprint density at radius 1 is 1.39 bits per heavy atom. The Balaban J connectivity index is 4.04. The summed E-state index contributed by atoms with van der Waals surface area (Å²) in [5.74, 6) is -0.274. The highest BCUT2D eigenvalue weighted by atomic mass is 16.6. The van der Waals surface area contributed by atoms with Crippen LogP contribution in [-0.4, -0.2) is 54.4 Å². The lowest BCUT2D eigenvalue weighted by molar-refractivity contribution is -0.122. The molecule has 0 rings (SSSR count). The van der Waals surface area contributed by atoms with Crippen LogP contribution < -0.4 is 5.32 Å². The third-order valence-corrected chi connectivity index (χ3v) is 2.05. The normalized spacial score (nSPS) is 12.8. The molecule has 0 saturated heterocycles. The molecule has 6 heteroatoms.